The van der Waals surface area contributed by atoms with Crippen molar-refractivity contribution >= 4 is 11.6 Å². The fourth-order valence-corrected chi connectivity index (χ4v) is 0.486. The summed E-state index contributed by atoms with van der Waals surface area (Å²) in [5.74, 6) is 0. The predicted octanol–water partition coefficient (Wildman–Crippen LogP) is 1.74. The number of hydrogen-bond acceptors (Lipinski definition) is 1. The van der Waals surface area contributed by atoms with Crippen LogP contribution in [0.4, 0.5) is 0 Å². The van der Waals surface area contributed by atoms with E-state index in [4.69, 9.17) is 11.6 Å². The topological polar surface area (TPSA) is 12.0 Å². The smallest absolute Gasteiger partial charge is 0.00321 e. The van der Waals surface area contributed by atoms with Crippen LogP contribution in [-0.2, 0) is 0 Å². The van der Waals surface area contributed by atoms with Crippen molar-refractivity contribution in [3.05, 3.63) is 11.1 Å². The van der Waals surface area contributed by atoms with E-state index in [0.29, 0.717) is 0 Å². The van der Waals surface area contributed by atoms with Gasteiger partial charge < -0.3 is 5.32 Å². The molecule has 0 saturated heterocycles. The molecule has 0 amide bonds. The van der Waals surface area contributed by atoms with Crippen molar-refractivity contribution in [1.29, 1.82) is 0 Å². The molecule has 0 aliphatic rings. The maximum absolute atomic E-state index is 5.40. The molecular weight excluding hydrogens is 122 g/mol. The van der Waals surface area contributed by atoms with Gasteiger partial charge in [0, 0.05) is 5.54 Å². The van der Waals surface area contributed by atoms with E-state index in [1.807, 2.05) is 14.0 Å². The second kappa shape index (κ2) is 5.13. The van der Waals surface area contributed by atoms with Gasteiger partial charge in [0.15, 0.2) is 0 Å². The monoisotopic (exact) mass is 133 g/mol. The normalized spacial score (nSPS) is 12.1. The highest BCUT2D eigenvalue weighted by Gasteiger charge is 1.84. The van der Waals surface area contributed by atoms with Crippen LogP contribution >= 0.6 is 11.6 Å². The molecule has 48 valence electrons. The zero-order chi connectivity index (χ0) is 6.41. The van der Waals surface area contributed by atoms with E-state index in [1.165, 1.54) is 5.57 Å². The summed E-state index contributed by atoms with van der Waals surface area (Å²) in [6, 6.07) is 0. The molecule has 0 aliphatic heterocycles. The van der Waals surface area contributed by atoms with E-state index in [2.05, 4.69) is 5.32 Å². The Morgan fingerprint density at radius 3 is 2.75 bits per heavy atom. The second-order valence-corrected chi connectivity index (χ2v) is 2.03. The molecule has 8 heavy (non-hydrogen) atoms. The first-order valence-electron chi connectivity index (χ1n) is 2.71. The first-order valence-corrected chi connectivity index (χ1v) is 3.15. The second-order valence-electron chi connectivity index (χ2n) is 1.81. The summed E-state index contributed by atoms with van der Waals surface area (Å²) in [5.41, 5.74) is 2.85. The third-order valence-electron chi connectivity index (χ3n) is 0.956. The van der Waals surface area contributed by atoms with Crippen molar-refractivity contribution in [2.24, 2.45) is 0 Å². The lowest BCUT2D eigenvalue weighted by molar-refractivity contribution is 0.786. The third kappa shape index (κ3) is 4.16. The van der Waals surface area contributed by atoms with Gasteiger partial charge in [0.25, 0.3) is 0 Å². The lowest BCUT2D eigenvalue weighted by atomic mass is 10.2. The molecule has 0 fully saturated rings. The molecule has 0 radical (unpaired) electrons. The molecule has 0 rings (SSSR count). The molecule has 0 saturated carbocycles. The van der Waals surface area contributed by atoms with Gasteiger partial charge in [-0.1, -0.05) is 17.2 Å². The lowest BCUT2D eigenvalue weighted by Gasteiger charge is -1.95. The number of nitrogens with one attached hydrogen (secondary N) is 1. The van der Waals surface area contributed by atoms with Gasteiger partial charge in [-0.05, 0) is 26.9 Å². The summed E-state index contributed by atoms with van der Waals surface area (Å²) in [6.07, 6.45) is 1.04. The quantitative estimate of drug-likeness (QED) is 0.619. The average molecular weight is 134 g/mol. The molecule has 0 heterocycles. The van der Waals surface area contributed by atoms with Gasteiger partial charge in [-0.2, -0.15) is 0 Å². The molecule has 0 aromatic rings. The highest BCUT2D eigenvalue weighted by molar-refractivity contribution is 6.25. The maximum Gasteiger partial charge on any atom is 0.00321 e. The summed E-state index contributed by atoms with van der Waals surface area (Å²) in [5, 5.41) is 3.03. The summed E-state index contributed by atoms with van der Waals surface area (Å²) >= 11 is 5.40. The van der Waals surface area contributed by atoms with E-state index in [-0.39, 0.29) is 0 Å². The van der Waals surface area contributed by atoms with Crippen LogP contribution in [0.25, 0.3) is 0 Å². The zero-order valence-corrected chi connectivity index (χ0v) is 6.13. The molecule has 0 aromatic carbocycles. The third-order valence-corrected chi connectivity index (χ3v) is 1.33. The Labute approximate surface area is 55.7 Å². The molecule has 0 spiro atoms. The molecule has 0 aliphatic carbocycles. The van der Waals surface area contributed by atoms with Crippen LogP contribution in [0.3, 0.4) is 0 Å². The van der Waals surface area contributed by atoms with E-state index < -0.39 is 0 Å². The van der Waals surface area contributed by atoms with Crippen molar-refractivity contribution in [3.8, 4) is 0 Å². The van der Waals surface area contributed by atoms with Crippen LogP contribution in [0.1, 0.15) is 13.3 Å². The van der Waals surface area contributed by atoms with Crippen molar-refractivity contribution in [1.82, 2.24) is 5.32 Å². The van der Waals surface area contributed by atoms with Gasteiger partial charge in [-0.3, -0.25) is 0 Å². The standard InChI is InChI=1S/C6H12ClN/c1-6(5-7)3-4-8-2/h5,8H,3-4H2,1-2H3. The summed E-state index contributed by atoms with van der Waals surface area (Å²) < 4.78 is 0. The minimum atomic E-state index is 1.01. The van der Waals surface area contributed by atoms with Crippen LogP contribution < -0.4 is 5.32 Å². The number of rotatable bonds is 3. The highest BCUT2D eigenvalue weighted by Crippen LogP contribution is 1.98. The van der Waals surface area contributed by atoms with Crippen molar-refractivity contribution in [2.45, 2.75) is 13.3 Å². The molecular formula is C6H12ClN. The van der Waals surface area contributed by atoms with Gasteiger partial charge in [0.05, 0.1) is 0 Å². The Bertz CT molecular complexity index is 78.6. The van der Waals surface area contributed by atoms with Crippen LogP contribution in [0, 0.1) is 0 Å². The molecule has 0 unspecified atom stereocenters. The summed E-state index contributed by atoms with van der Waals surface area (Å²) in [7, 11) is 1.93. The van der Waals surface area contributed by atoms with Crippen molar-refractivity contribution < 1.29 is 0 Å². The SMILES string of the molecule is CNCCC(C)=CCl. The number of hydrogen-bond donors (Lipinski definition) is 1. The van der Waals surface area contributed by atoms with E-state index >= 15 is 0 Å². The molecule has 0 atom stereocenters. The number of halogens is 1. The fraction of sp³-hybridized carbons (Fsp3) is 0.667. The average Bonchev–Trinajstić information content (AvgIpc) is 1.83. The molecule has 1 nitrogen and oxygen atoms in total. The Morgan fingerprint density at radius 2 is 2.38 bits per heavy atom. The van der Waals surface area contributed by atoms with Gasteiger partial charge in [0.2, 0.25) is 0 Å². The Balaban J connectivity index is 3.12. The molecule has 2 heteroatoms. The first-order chi connectivity index (χ1) is 3.81. The minimum absolute atomic E-state index is 1.01. The largest absolute Gasteiger partial charge is 0.319 e. The summed E-state index contributed by atoms with van der Waals surface area (Å²) in [6.45, 7) is 3.03. The van der Waals surface area contributed by atoms with E-state index in [0.717, 1.165) is 13.0 Å². The Kier molecular flexibility index (Phi) is 5.13. The van der Waals surface area contributed by atoms with E-state index in [9.17, 15) is 0 Å². The molecule has 0 bridgehead atoms. The van der Waals surface area contributed by atoms with E-state index in [1.54, 1.807) is 5.54 Å². The van der Waals surface area contributed by atoms with Gasteiger partial charge in [-0.25, -0.2) is 0 Å². The Hall–Kier alpha value is -0.0100. The van der Waals surface area contributed by atoms with Crippen LogP contribution in [0.15, 0.2) is 11.1 Å². The van der Waals surface area contributed by atoms with Crippen molar-refractivity contribution in [3.63, 3.8) is 0 Å². The zero-order valence-electron chi connectivity index (χ0n) is 5.37. The molecule has 0 aromatic heterocycles. The van der Waals surface area contributed by atoms with Gasteiger partial charge in [-0.15, -0.1) is 0 Å². The maximum atomic E-state index is 5.40. The van der Waals surface area contributed by atoms with Crippen LogP contribution in [0.5, 0.6) is 0 Å². The minimum Gasteiger partial charge on any atom is -0.319 e. The van der Waals surface area contributed by atoms with Crippen LogP contribution in [-0.4, -0.2) is 13.6 Å². The van der Waals surface area contributed by atoms with Crippen LogP contribution in [0.2, 0.25) is 0 Å². The summed E-state index contributed by atoms with van der Waals surface area (Å²) in [4.78, 5) is 0. The predicted molar refractivity (Wildman–Crippen MR) is 38.2 cm³/mol. The highest BCUT2D eigenvalue weighted by atomic mass is 35.5. The lowest BCUT2D eigenvalue weighted by Crippen LogP contribution is -2.07. The first kappa shape index (κ1) is 7.99. The molecule has 1 N–H and O–H groups in total. The van der Waals surface area contributed by atoms with Gasteiger partial charge >= 0.3 is 0 Å². The van der Waals surface area contributed by atoms with Crippen molar-refractivity contribution in [2.75, 3.05) is 13.6 Å². The van der Waals surface area contributed by atoms with Gasteiger partial charge in [0.1, 0.15) is 0 Å². The fourth-order valence-electron chi connectivity index (χ4n) is 0.377. The Morgan fingerprint density at radius 1 is 1.75 bits per heavy atom.